The molecule has 2 N–H and O–H groups in total. The summed E-state index contributed by atoms with van der Waals surface area (Å²) in [5, 5.41) is 7.05. The molecular formula is C15H33N3. The summed E-state index contributed by atoms with van der Waals surface area (Å²) >= 11 is 0. The minimum Gasteiger partial charge on any atom is -0.316 e. The predicted octanol–water partition coefficient (Wildman–Crippen LogP) is 1.94. The molecule has 0 bridgehead atoms. The summed E-state index contributed by atoms with van der Waals surface area (Å²) in [7, 11) is 0. The van der Waals surface area contributed by atoms with Gasteiger partial charge in [0.1, 0.15) is 0 Å². The topological polar surface area (TPSA) is 27.3 Å². The summed E-state index contributed by atoms with van der Waals surface area (Å²) in [4.78, 5) is 2.60. The highest BCUT2D eigenvalue weighted by Crippen LogP contribution is 2.24. The van der Waals surface area contributed by atoms with E-state index in [2.05, 4.69) is 50.2 Å². The SMILES string of the molecule is CC(CCNCC(C)(C)C(C)C)N1CCNCC1. The number of nitrogens with one attached hydrogen (secondary N) is 2. The van der Waals surface area contributed by atoms with E-state index in [-0.39, 0.29) is 0 Å². The van der Waals surface area contributed by atoms with E-state index in [9.17, 15) is 0 Å². The van der Waals surface area contributed by atoms with Crippen molar-refractivity contribution >= 4 is 0 Å². The zero-order chi connectivity index (χ0) is 13.6. The predicted molar refractivity (Wildman–Crippen MR) is 80.0 cm³/mol. The smallest absolute Gasteiger partial charge is 0.0110 e. The maximum atomic E-state index is 3.63. The van der Waals surface area contributed by atoms with E-state index in [0.29, 0.717) is 11.5 Å². The highest BCUT2D eigenvalue weighted by Gasteiger charge is 2.22. The first-order valence-corrected chi connectivity index (χ1v) is 7.59. The Morgan fingerprint density at radius 2 is 1.78 bits per heavy atom. The molecule has 0 aromatic heterocycles. The van der Waals surface area contributed by atoms with Crippen LogP contribution in [-0.2, 0) is 0 Å². The molecule has 1 saturated heterocycles. The van der Waals surface area contributed by atoms with Gasteiger partial charge in [-0.05, 0) is 31.2 Å². The lowest BCUT2D eigenvalue weighted by atomic mass is 9.81. The number of hydrogen-bond donors (Lipinski definition) is 2. The summed E-state index contributed by atoms with van der Waals surface area (Å²) in [6.07, 6.45) is 1.26. The fourth-order valence-corrected chi connectivity index (χ4v) is 2.23. The van der Waals surface area contributed by atoms with Crippen molar-refractivity contribution in [3.63, 3.8) is 0 Å². The molecular weight excluding hydrogens is 222 g/mol. The van der Waals surface area contributed by atoms with Crippen LogP contribution in [0.1, 0.15) is 41.0 Å². The fraction of sp³-hybridized carbons (Fsp3) is 1.00. The highest BCUT2D eigenvalue weighted by atomic mass is 15.2. The molecule has 1 aliphatic heterocycles. The monoisotopic (exact) mass is 255 g/mol. The van der Waals surface area contributed by atoms with Gasteiger partial charge in [0, 0.05) is 38.8 Å². The zero-order valence-electron chi connectivity index (χ0n) is 13.1. The van der Waals surface area contributed by atoms with Crippen LogP contribution in [0, 0.1) is 11.3 Å². The van der Waals surface area contributed by atoms with Crippen molar-refractivity contribution in [1.29, 1.82) is 0 Å². The lowest BCUT2D eigenvalue weighted by Gasteiger charge is -2.33. The summed E-state index contributed by atoms with van der Waals surface area (Å²) in [6.45, 7) is 18.7. The Morgan fingerprint density at radius 3 is 2.33 bits per heavy atom. The number of nitrogens with zero attached hydrogens (tertiary/aromatic N) is 1. The largest absolute Gasteiger partial charge is 0.316 e. The molecule has 0 saturated carbocycles. The van der Waals surface area contributed by atoms with Crippen LogP contribution in [-0.4, -0.2) is 50.2 Å². The standard InChI is InChI=1S/C15H33N3/c1-13(2)15(4,5)12-17-7-6-14(3)18-10-8-16-9-11-18/h13-14,16-17H,6-12H2,1-5H3. The molecule has 1 atom stereocenters. The van der Waals surface area contributed by atoms with Gasteiger partial charge in [-0.25, -0.2) is 0 Å². The molecule has 0 radical (unpaired) electrons. The quantitative estimate of drug-likeness (QED) is 0.681. The van der Waals surface area contributed by atoms with Crippen LogP contribution in [0.2, 0.25) is 0 Å². The van der Waals surface area contributed by atoms with Crippen LogP contribution < -0.4 is 10.6 Å². The van der Waals surface area contributed by atoms with Gasteiger partial charge in [0.15, 0.2) is 0 Å². The van der Waals surface area contributed by atoms with E-state index >= 15 is 0 Å². The second-order valence-corrected chi connectivity index (χ2v) is 6.74. The Bertz CT molecular complexity index is 220. The molecule has 0 spiro atoms. The van der Waals surface area contributed by atoms with Gasteiger partial charge in [-0.1, -0.05) is 27.7 Å². The molecule has 1 rings (SSSR count). The van der Waals surface area contributed by atoms with Crippen molar-refractivity contribution in [3.8, 4) is 0 Å². The van der Waals surface area contributed by atoms with Gasteiger partial charge < -0.3 is 10.6 Å². The van der Waals surface area contributed by atoms with Crippen LogP contribution in [0.25, 0.3) is 0 Å². The van der Waals surface area contributed by atoms with E-state index in [1.54, 1.807) is 0 Å². The van der Waals surface area contributed by atoms with E-state index in [1.807, 2.05) is 0 Å². The molecule has 1 unspecified atom stereocenters. The minimum atomic E-state index is 0.401. The average Bonchev–Trinajstić information content (AvgIpc) is 2.35. The summed E-state index contributed by atoms with van der Waals surface area (Å²) < 4.78 is 0. The third-order valence-corrected chi connectivity index (χ3v) is 4.66. The first-order valence-electron chi connectivity index (χ1n) is 7.59. The molecule has 18 heavy (non-hydrogen) atoms. The molecule has 1 aliphatic rings. The fourth-order valence-electron chi connectivity index (χ4n) is 2.23. The second-order valence-electron chi connectivity index (χ2n) is 6.74. The first kappa shape index (κ1) is 15.9. The van der Waals surface area contributed by atoms with Crippen molar-refractivity contribution in [2.24, 2.45) is 11.3 Å². The summed E-state index contributed by atoms with van der Waals surface area (Å²) in [5.74, 6) is 0.732. The van der Waals surface area contributed by atoms with Gasteiger partial charge >= 0.3 is 0 Å². The number of piperazine rings is 1. The third kappa shape index (κ3) is 5.25. The van der Waals surface area contributed by atoms with E-state index < -0.39 is 0 Å². The molecule has 0 amide bonds. The van der Waals surface area contributed by atoms with Crippen molar-refractivity contribution in [2.45, 2.75) is 47.1 Å². The average molecular weight is 255 g/mol. The zero-order valence-corrected chi connectivity index (χ0v) is 13.1. The van der Waals surface area contributed by atoms with Crippen molar-refractivity contribution < 1.29 is 0 Å². The maximum absolute atomic E-state index is 3.63. The van der Waals surface area contributed by atoms with E-state index in [4.69, 9.17) is 0 Å². The molecule has 0 aromatic carbocycles. The Balaban J connectivity index is 2.13. The van der Waals surface area contributed by atoms with Gasteiger partial charge in [-0.15, -0.1) is 0 Å². The number of hydrogen-bond acceptors (Lipinski definition) is 3. The maximum Gasteiger partial charge on any atom is 0.0110 e. The molecule has 3 nitrogen and oxygen atoms in total. The number of rotatable bonds is 7. The van der Waals surface area contributed by atoms with Crippen LogP contribution in [0.5, 0.6) is 0 Å². The summed E-state index contributed by atoms with van der Waals surface area (Å²) in [5.41, 5.74) is 0.401. The van der Waals surface area contributed by atoms with Crippen molar-refractivity contribution in [2.75, 3.05) is 39.3 Å². The lowest BCUT2D eigenvalue weighted by Crippen LogP contribution is -2.48. The van der Waals surface area contributed by atoms with Gasteiger partial charge in [0.2, 0.25) is 0 Å². The van der Waals surface area contributed by atoms with Gasteiger partial charge in [0.25, 0.3) is 0 Å². The Morgan fingerprint density at radius 1 is 1.17 bits per heavy atom. The van der Waals surface area contributed by atoms with E-state index in [0.717, 1.165) is 32.1 Å². The van der Waals surface area contributed by atoms with Gasteiger partial charge in [-0.2, -0.15) is 0 Å². The first-order chi connectivity index (χ1) is 8.43. The van der Waals surface area contributed by atoms with Crippen molar-refractivity contribution in [1.82, 2.24) is 15.5 Å². The van der Waals surface area contributed by atoms with Gasteiger partial charge in [0.05, 0.1) is 0 Å². The van der Waals surface area contributed by atoms with Gasteiger partial charge in [-0.3, -0.25) is 4.90 Å². The molecule has 1 fully saturated rings. The molecule has 1 heterocycles. The van der Waals surface area contributed by atoms with Crippen molar-refractivity contribution in [3.05, 3.63) is 0 Å². The molecule has 108 valence electrons. The normalized spacial score (nSPS) is 20.3. The molecule has 0 aliphatic carbocycles. The Kier molecular flexibility index (Phi) is 6.61. The van der Waals surface area contributed by atoms with Crippen LogP contribution in [0.3, 0.4) is 0 Å². The third-order valence-electron chi connectivity index (χ3n) is 4.66. The Labute approximate surface area is 114 Å². The van der Waals surface area contributed by atoms with Crippen LogP contribution >= 0.6 is 0 Å². The Hall–Kier alpha value is -0.120. The molecule has 3 heteroatoms. The van der Waals surface area contributed by atoms with Crippen LogP contribution in [0.15, 0.2) is 0 Å². The highest BCUT2D eigenvalue weighted by molar-refractivity contribution is 4.77. The summed E-state index contributed by atoms with van der Waals surface area (Å²) in [6, 6.07) is 0.710. The molecule has 0 aromatic rings. The lowest BCUT2D eigenvalue weighted by molar-refractivity contribution is 0.172. The van der Waals surface area contributed by atoms with E-state index in [1.165, 1.54) is 19.5 Å². The second kappa shape index (κ2) is 7.46. The minimum absolute atomic E-state index is 0.401. The van der Waals surface area contributed by atoms with Crippen LogP contribution in [0.4, 0.5) is 0 Å².